The Morgan fingerprint density at radius 3 is 2.50 bits per heavy atom. The van der Waals surface area contributed by atoms with E-state index < -0.39 is 0 Å². The van der Waals surface area contributed by atoms with Crippen LogP contribution in [0.25, 0.3) is 0 Å². The van der Waals surface area contributed by atoms with Crippen molar-refractivity contribution in [2.75, 3.05) is 46.8 Å². The molecule has 3 heterocycles. The summed E-state index contributed by atoms with van der Waals surface area (Å²) < 4.78 is 0. The van der Waals surface area contributed by atoms with Gasteiger partial charge in [0.1, 0.15) is 0 Å². The lowest BCUT2D eigenvalue weighted by molar-refractivity contribution is -0.121. The number of nitrogens with one attached hydrogen (secondary N) is 2. The second kappa shape index (κ2) is 12.9. The summed E-state index contributed by atoms with van der Waals surface area (Å²) in [6.45, 7) is 7.54. The number of rotatable bonds is 6. The number of hydrogen-bond donors (Lipinski definition) is 2. The van der Waals surface area contributed by atoms with E-state index in [0.29, 0.717) is 18.4 Å². The SMILES string of the molecule is CN=C(NCC(c1cccs1)N1CCC(C)CC1)N1CCC(CC(=O)NC)CC1.I. The number of carbonyl (C=O) groups is 1. The predicted octanol–water partition coefficient (Wildman–Crippen LogP) is 3.56. The normalized spacial score (nSPS) is 20.5. The molecule has 1 aromatic rings. The summed E-state index contributed by atoms with van der Waals surface area (Å²) in [5, 5.41) is 8.59. The Kier molecular flexibility index (Phi) is 10.9. The van der Waals surface area contributed by atoms with E-state index in [1.807, 2.05) is 18.4 Å². The molecule has 2 N–H and O–H groups in total. The van der Waals surface area contributed by atoms with Crippen LogP contribution in [0.5, 0.6) is 0 Å². The van der Waals surface area contributed by atoms with Gasteiger partial charge in [-0.25, -0.2) is 0 Å². The minimum atomic E-state index is 0. The zero-order valence-corrected chi connectivity index (χ0v) is 21.7. The molecule has 170 valence electrons. The number of aliphatic imine (C=N–C) groups is 1. The quantitative estimate of drug-likeness (QED) is 0.325. The molecule has 2 saturated heterocycles. The zero-order valence-electron chi connectivity index (χ0n) is 18.6. The van der Waals surface area contributed by atoms with Gasteiger partial charge < -0.3 is 15.5 Å². The third kappa shape index (κ3) is 7.09. The molecule has 0 bridgehead atoms. The van der Waals surface area contributed by atoms with Gasteiger partial charge in [-0.15, -0.1) is 35.3 Å². The number of amides is 1. The maximum Gasteiger partial charge on any atom is 0.220 e. The zero-order chi connectivity index (χ0) is 20.6. The Labute approximate surface area is 202 Å². The molecule has 2 aliphatic heterocycles. The molecule has 30 heavy (non-hydrogen) atoms. The van der Waals surface area contributed by atoms with Crippen molar-refractivity contribution in [1.82, 2.24) is 20.4 Å². The van der Waals surface area contributed by atoms with Crippen LogP contribution >= 0.6 is 35.3 Å². The summed E-state index contributed by atoms with van der Waals surface area (Å²) in [5.74, 6) is 2.47. The van der Waals surface area contributed by atoms with E-state index in [1.54, 1.807) is 7.05 Å². The van der Waals surface area contributed by atoms with Crippen molar-refractivity contribution in [2.24, 2.45) is 16.8 Å². The molecule has 1 amide bonds. The van der Waals surface area contributed by atoms with Crippen molar-refractivity contribution in [3.8, 4) is 0 Å². The highest BCUT2D eigenvalue weighted by atomic mass is 127. The second-order valence-corrected chi connectivity index (χ2v) is 9.46. The Hall–Kier alpha value is -0.870. The van der Waals surface area contributed by atoms with E-state index in [9.17, 15) is 4.79 Å². The molecule has 2 fully saturated rings. The van der Waals surface area contributed by atoms with Gasteiger partial charge in [0, 0.05) is 45.0 Å². The van der Waals surface area contributed by atoms with Crippen LogP contribution in [-0.2, 0) is 4.79 Å². The fourth-order valence-corrected chi connectivity index (χ4v) is 5.33. The van der Waals surface area contributed by atoms with Crippen molar-refractivity contribution < 1.29 is 4.79 Å². The Balaban J connectivity index is 0.00000320. The van der Waals surface area contributed by atoms with Gasteiger partial charge in [-0.3, -0.25) is 14.7 Å². The van der Waals surface area contributed by atoms with Gasteiger partial charge in [0.05, 0.1) is 6.04 Å². The summed E-state index contributed by atoms with van der Waals surface area (Å²) in [5.41, 5.74) is 0. The molecular weight excluding hydrogens is 509 g/mol. The monoisotopic (exact) mass is 547 g/mol. The van der Waals surface area contributed by atoms with Crippen LogP contribution in [0.15, 0.2) is 22.5 Å². The number of hydrogen-bond acceptors (Lipinski definition) is 4. The second-order valence-electron chi connectivity index (χ2n) is 8.49. The molecule has 8 heteroatoms. The van der Waals surface area contributed by atoms with Gasteiger partial charge in [0.2, 0.25) is 5.91 Å². The number of nitrogens with zero attached hydrogens (tertiary/aromatic N) is 3. The molecule has 0 spiro atoms. The Morgan fingerprint density at radius 2 is 1.93 bits per heavy atom. The lowest BCUT2D eigenvalue weighted by atomic mass is 9.93. The summed E-state index contributed by atoms with van der Waals surface area (Å²) in [6.07, 6.45) is 5.31. The Bertz CT molecular complexity index is 652. The van der Waals surface area contributed by atoms with Crippen LogP contribution in [0, 0.1) is 11.8 Å². The van der Waals surface area contributed by atoms with Crippen molar-refractivity contribution in [2.45, 2.75) is 45.1 Å². The van der Waals surface area contributed by atoms with Crippen LogP contribution < -0.4 is 10.6 Å². The van der Waals surface area contributed by atoms with Crippen molar-refractivity contribution in [3.05, 3.63) is 22.4 Å². The first-order valence-corrected chi connectivity index (χ1v) is 11.9. The van der Waals surface area contributed by atoms with Crippen molar-refractivity contribution in [3.63, 3.8) is 0 Å². The lowest BCUT2D eigenvalue weighted by Crippen LogP contribution is -2.49. The van der Waals surface area contributed by atoms with Gasteiger partial charge in [-0.1, -0.05) is 13.0 Å². The highest BCUT2D eigenvalue weighted by molar-refractivity contribution is 14.0. The molecule has 0 aromatic carbocycles. The van der Waals surface area contributed by atoms with E-state index in [-0.39, 0.29) is 29.9 Å². The highest BCUT2D eigenvalue weighted by Gasteiger charge is 2.27. The summed E-state index contributed by atoms with van der Waals surface area (Å²) in [4.78, 5) is 22.6. The van der Waals surface area contributed by atoms with E-state index in [4.69, 9.17) is 0 Å². The van der Waals surface area contributed by atoms with E-state index >= 15 is 0 Å². The van der Waals surface area contributed by atoms with Gasteiger partial charge in [0.25, 0.3) is 0 Å². The molecule has 0 radical (unpaired) electrons. The fourth-order valence-electron chi connectivity index (χ4n) is 4.46. The van der Waals surface area contributed by atoms with Crippen LogP contribution in [-0.4, -0.2) is 68.5 Å². The summed E-state index contributed by atoms with van der Waals surface area (Å²) >= 11 is 1.86. The lowest BCUT2D eigenvalue weighted by Gasteiger charge is -2.38. The highest BCUT2D eigenvalue weighted by Crippen LogP contribution is 2.29. The first-order valence-electron chi connectivity index (χ1n) is 11.0. The van der Waals surface area contributed by atoms with Gasteiger partial charge in [-0.2, -0.15) is 0 Å². The molecule has 1 aromatic heterocycles. The van der Waals surface area contributed by atoms with E-state index in [2.05, 4.69) is 49.9 Å². The van der Waals surface area contributed by atoms with Crippen molar-refractivity contribution >= 4 is 47.2 Å². The molecule has 2 aliphatic rings. The topological polar surface area (TPSA) is 60.0 Å². The molecule has 3 rings (SSSR count). The smallest absolute Gasteiger partial charge is 0.220 e. The first-order chi connectivity index (χ1) is 14.1. The average molecular weight is 548 g/mol. The minimum Gasteiger partial charge on any atom is -0.359 e. The summed E-state index contributed by atoms with van der Waals surface area (Å²) in [7, 11) is 3.60. The van der Waals surface area contributed by atoms with Crippen LogP contribution in [0.2, 0.25) is 0 Å². The number of halogens is 1. The van der Waals surface area contributed by atoms with E-state index in [0.717, 1.165) is 44.4 Å². The van der Waals surface area contributed by atoms with Crippen molar-refractivity contribution in [1.29, 1.82) is 0 Å². The number of thiophene rings is 1. The molecule has 0 saturated carbocycles. The Morgan fingerprint density at radius 1 is 1.23 bits per heavy atom. The van der Waals surface area contributed by atoms with Crippen LogP contribution in [0.3, 0.4) is 0 Å². The third-order valence-electron chi connectivity index (χ3n) is 6.46. The maximum absolute atomic E-state index is 11.6. The number of piperidine rings is 2. The fraction of sp³-hybridized carbons (Fsp3) is 0.727. The first kappa shape index (κ1) is 25.4. The van der Waals surface area contributed by atoms with Crippen LogP contribution in [0.1, 0.15) is 49.9 Å². The largest absolute Gasteiger partial charge is 0.359 e. The number of likely N-dealkylation sites (tertiary alicyclic amines) is 2. The molecule has 1 unspecified atom stereocenters. The van der Waals surface area contributed by atoms with Gasteiger partial charge in [0.15, 0.2) is 5.96 Å². The maximum atomic E-state index is 11.6. The molecule has 6 nitrogen and oxygen atoms in total. The van der Waals surface area contributed by atoms with E-state index in [1.165, 1.54) is 30.8 Å². The van der Waals surface area contributed by atoms with Gasteiger partial charge in [-0.05, 0) is 62.1 Å². The summed E-state index contributed by atoms with van der Waals surface area (Å²) in [6, 6.07) is 4.83. The average Bonchev–Trinajstić information content (AvgIpc) is 3.27. The van der Waals surface area contributed by atoms with Gasteiger partial charge >= 0.3 is 0 Å². The predicted molar refractivity (Wildman–Crippen MR) is 137 cm³/mol. The standard InChI is InChI=1S/C22H37N5OS.HI/c1-17-6-10-26(11-7-17)19(20-5-4-14-29-20)16-25-22(24-3)27-12-8-18(9-13-27)15-21(28)23-2;/h4-5,14,17-19H,6-13,15-16H2,1-3H3,(H,23,28)(H,24,25);1H. The third-order valence-corrected chi connectivity index (χ3v) is 7.44. The van der Waals surface area contributed by atoms with Crippen LogP contribution in [0.4, 0.5) is 0 Å². The number of carbonyl (C=O) groups excluding carboxylic acids is 1. The molecule has 1 atom stereocenters. The molecule has 0 aliphatic carbocycles. The minimum absolute atomic E-state index is 0. The number of guanidine groups is 1. The molecular formula is C22H38IN5OS.